The summed E-state index contributed by atoms with van der Waals surface area (Å²) in [6, 6.07) is 0.370. The van der Waals surface area contributed by atoms with Crippen LogP contribution in [0.3, 0.4) is 0 Å². The lowest BCUT2D eigenvalue weighted by atomic mass is 10.1. The van der Waals surface area contributed by atoms with Gasteiger partial charge in [0.05, 0.1) is 13.1 Å². The molecule has 12 heavy (non-hydrogen) atoms. The highest BCUT2D eigenvalue weighted by Gasteiger charge is 2.46. The van der Waals surface area contributed by atoms with Crippen molar-refractivity contribution < 1.29 is 8.78 Å². The second kappa shape index (κ2) is 3.44. The summed E-state index contributed by atoms with van der Waals surface area (Å²) in [5.74, 6) is -2.40. The van der Waals surface area contributed by atoms with Crippen LogP contribution in [0.5, 0.6) is 0 Å². The van der Waals surface area contributed by atoms with Crippen molar-refractivity contribution >= 4 is 12.4 Å². The third-order valence-electron chi connectivity index (χ3n) is 2.42. The Hall–Kier alpha value is 0.0700. The number of nitrogens with one attached hydrogen (secondary N) is 1. The van der Waals surface area contributed by atoms with Gasteiger partial charge in [0, 0.05) is 12.6 Å². The second-order valence-corrected chi connectivity index (χ2v) is 3.41. The Labute approximate surface area is 76.7 Å². The normalized spacial score (nSPS) is 34.0. The molecule has 2 saturated heterocycles. The second-order valence-electron chi connectivity index (χ2n) is 3.41. The summed E-state index contributed by atoms with van der Waals surface area (Å²) in [5.41, 5.74) is 0. The maximum atomic E-state index is 12.4. The maximum absolute atomic E-state index is 12.4. The number of likely N-dealkylation sites (tertiary alicyclic amines) is 1. The van der Waals surface area contributed by atoms with Crippen LogP contribution in [-0.2, 0) is 0 Å². The van der Waals surface area contributed by atoms with Gasteiger partial charge >= 0.3 is 0 Å². The van der Waals surface area contributed by atoms with Gasteiger partial charge in [0.2, 0.25) is 0 Å². The van der Waals surface area contributed by atoms with E-state index in [1.807, 2.05) is 4.90 Å². The Kier molecular flexibility index (Phi) is 2.91. The fourth-order valence-electron chi connectivity index (χ4n) is 1.76. The first-order chi connectivity index (χ1) is 5.17. The number of hydrogen-bond acceptors (Lipinski definition) is 2. The van der Waals surface area contributed by atoms with Gasteiger partial charge in [-0.1, -0.05) is 0 Å². The minimum atomic E-state index is -2.40. The van der Waals surface area contributed by atoms with Crippen molar-refractivity contribution in [1.29, 1.82) is 0 Å². The Morgan fingerprint density at radius 1 is 1.33 bits per heavy atom. The van der Waals surface area contributed by atoms with E-state index in [4.69, 9.17) is 0 Å². The summed E-state index contributed by atoms with van der Waals surface area (Å²) in [6.07, 6.45) is 1.02. The fourth-order valence-corrected chi connectivity index (χ4v) is 1.76. The first-order valence-electron chi connectivity index (χ1n) is 4.00. The molecule has 5 heteroatoms. The highest BCUT2D eigenvalue weighted by Crippen LogP contribution is 2.29. The molecule has 1 unspecified atom stereocenters. The van der Waals surface area contributed by atoms with Crippen LogP contribution in [-0.4, -0.2) is 43.0 Å². The van der Waals surface area contributed by atoms with Crippen molar-refractivity contribution in [3.8, 4) is 0 Å². The molecule has 0 spiro atoms. The smallest absolute Gasteiger partial charge is 0.272 e. The average molecular weight is 199 g/mol. The minimum Gasteiger partial charge on any atom is -0.315 e. The monoisotopic (exact) mass is 198 g/mol. The lowest BCUT2D eigenvalue weighted by Crippen LogP contribution is -2.60. The topological polar surface area (TPSA) is 15.3 Å². The van der Waals surface area contributed by atoms with Crippen LogP contribution in [0.1, 0.15) is 6.42 Å². The first-order valence-corrected chi connectivity index (χ1v) is 4.00. The Balaban J connectivity index is 0.000000720. The van der Waals surface area contributed by atoms with E-state index in [1.54, 1.807) is 0 Å². The lowest BCUT2D eigenvalue weighted by molar-refractivity contribution is -0.143. The summed E-state index contributed by atoms with van der Waals surface area (Å²) >= 11 is 0. The van der Waals surface area contributed by atoms with E-state index in [0.717, 1.165) is 19.5 Å². The SMILES string of the molecule is Cl.FC1(F)CN(C2CCNC2)C1. The number of halogens is 3. The number of rotatable bonds is 1. The molecule has 0 saturated carbocycles. The van der Waals surface area contributed by atoms with Crippen molar-refractivity contribution in [2.75, 3.05) is 26.2 Å². The molecule has 2 aliphatic heterocycles. The van der Waals surface area contributed by atoms with Gasteiger partial charge in [0.15, 0.2) is 0 Å². The van der Waals surface area contributed by atoms with Crippen LogP contribution < -0.4 is 5.32 Å². The van der Waals surface area contributed by atoms with E-state index in [1.165, 1.54) is 0 Å². The average Bonchev–Trinajstić information content (AvgIpc) is 2.32. The van der Waals surface area contributed by atoms with Crippen molar-refractivity contribution in [3.05, 3.63) is 0 Å². The predicted molar refractivity (Wildman–Crippen MR) is 45.0 cm³/mol. The quantitative estimate of drug-likeness (QED) is 0.668. The van der Waals surface area contributed by atoms with E-state index in [-0.39, 0.29) is 25.5 Å². The molecule has 2 rings (SSSR count). The molecule has 2 aliphatic rings. The largest absolute Gasteiger partial charge is 0.315 e. The third-order valence-corrected chi connectivity index (χ3v) is 2.42. The molecule has 72 valence electrons. The van der Waals surface area contributed by atoms with Crippen molar-refractivity contribution in [2.45, 2.75) is 18.4 Å². The molecule has 0 bridgehead atoms. The summed E-state index contributed by atoms with van der Waals surface area (Å²) in [7, 11) is 0. The van der Waals surface area contributed by atoms with Crippen LogP contribution in [0.2, 0.25) is 0 Å². The van der Waals surface area contributed by atoms with E-state index in [2.05, 4.69) is 5.32 Å². The molecule has 0 aromatic rings. The van der Waals surface area contributed by atoms with Gasteiger partial charge < -0.3 is 5.32 Å². The number of alkyl halides is 2. The summed E-state index contributed by atoms with van der Waals surface area (Å²) < 4.78 is 24.8. The molecule has 0 aliphatic carbocycles. The zero-order chi connectivity index (χ0) is 7.90. The van der Waals surface area contributed by atoms with E-state index >= 15 is 0 Å². The molecule has 0 aromatic carbocycles. The van der Waals surface area contributed by atoms with Crippen molar-refractivity contribution in [2.24, 2.45) is 0 Å². The van der Waals surface area contributed by atoms with Crippen LogP contribution in [0.4, 0.5) is 8.78 Å². The van der Waals surface area contributed by atoms with Crippen molar-refractivity contribution in [3.63, 3.8) is 0 Å². The highest BCUT2D eigenvalue weighted by atomic mass is 35.5. The van der Waals surface area contributed by atoms with Gasteiger partial charge in [-0.15, -0.1) is 12.4 Å². The molecule has 0 aromatic heterocycles. The Bertz CT molecular complexity index is 151. The molecular formula is C7H13ClF2N2. The Morgan fingerprint density at radius 2 is 2.00 bits per heavy atom. The van der Waals surface area contributed by atoms with Gasteiger partial charge in [0.25, 0.3) is 5.92 Å². The maximum Gasteiger partial charge on any atom is 0.272 e. The molecule has 0 amide bonds. The Morgan fingerprint density at radius 3 is 2.42 bits per heavy atom. The van der Waals surface area contributed by atoms with Crippen LogP contribution in [0.15, 0.2) is 0 Å². The third kappa shape index (κ3) is 1.87. The van der Waals surface area contributed by atoms with Gasteiger partial charge in [-0.05, 0) is 13.0 Å². The molecule has 2 fully saturated rings. The van der Waals surface area contributed by atoms with Gasteiger partial charge in [-0.2, -0.15) is 0 Å². The van der Waals surface area contributed by atoms with E-state index in [9.17, 15) is 8.78 Å². The van der Waals surface area contributed by atoms with E-state index in [0.29, 0.717) is 6.04 Å². The fraction of sp³-hybridized carbons (Fsp3) is 1.00. The zero-order valence-electron chi connectivity index (χ0n) is 6.72. The summed E-state index contributed by atoms with van der Waals surface area (Å²) in [6.45, 7) is 1.81. The van der Waals surface area contributed by atoms with Crippen LogP contribution in [0.25, 0.3) is 0 Å². The summed E-state index contributed by atoms with van der Waals surface area (Å²) in [4.78, 5) is 1.86. The van der Waals surface area contributed by atoms with Gasteiger partial charge in [-0.25, -0.2) is 8.78 Å². The van der Waals surface area contributed by atoms with Crippen LogP contribution in [0, 0.1) is 0 Å². The van der Waals surface area contributed by atoms with E-state index < -0.39 is 5.92 Å². The van der Waals surface area contributed by atoms with Gasteiger partial charge in [0.1, 0.15) is 0 Å². The lowest BCUT2D eigenvalue weighted by Gasteiger charge is -2.42. The zero-order valence-corrected chi connectivity index (χ0v) is 7.54. The highest BCUT2D eigenvalue weighted by molar-refractivity contribution is 5.85. The molecule has 1 N–H and O–H groups in total. The molecule has 2 heterocycles. The number of nitrogens with zero attached hydrogens (tertiary/aromatic N) is 1. The molecule has 0 radical (unpaired) electrons. The molecule has 2 nitrogen and oxygen atoms in total. The van der Waals surface area contributed by atoms with Crippen LogP contribution >= 0.6 is 12.4 Å². The predicted octanol–water partition coefficient (Wildman–Crippen LogP) is 0.721. The van der Waals surface area contributed by atoms with Gasteiger partial charge in [-0.3, -0.25) is 4.90 Å². The molecule has 1 atom stereocenters. The number of hydrogen-bond donors (Lipinski definition) is 1. The summed E-state index contributed by atoms with van der Waals surface area (Å²) in [5, 5.41) is 3.16. The minimum absolute atomic E-state index is 0. The standard InChI is InChI=1S/C7H12F2N2.ClH/c8-7(9)4-11(5-7)6-1-2-10-3-6;/h6,10H,1-5H2;1H. The molecular weight excluding hydrogens is 186 g/mol. The van der Waals surface area contributed by atoms with Crippen molar-refractivity contribution in [1.82, 2.24) is 10.2 Å². The first kappa shape index (κ1) is 10.2.